The molecule has 0 radical (unpaired) electrons. The normalized spacial score (nSPS) is 11.7. The van der Waals surface area contributed by atoms with Gasteiger partial charge in [0.2, 0.25) is 0 Å². The van der Waals surface area contributed by atoms with Gasteiger partial charge in [-0.05, 0) is 25.5 Å². The SMILES string of the molecule is CCNC(=NCc1cccc2cccnc12)NCc1ncc(C)s1. The molecule has 0 saturated carbocycles. The molecule has 3 aromatic rings. The highest BCUT2D eigenvalue weighted by atomic mass is 32.1. The van der Waals surface area contributed by atoms with Crippen LogP contribution in [0.4, 0.5) is 0 Å². The molecule has 6 heteroatoms. The van der Waals surface area contributed by atoms with Gasteiger partial charge in [-0.15, -0.1) is 11.3 Å². The standard InChI is InChI=1S/C18H21N5S/c1-3-19-18(23-12-16-21-10-13(2)24-16)22-11-15-7-4-6-14-8-5-9-20-17(14)15/h4-10H,3,11-12H2,1-2H3,(H2,19,22,23). The van der Waals surface area contributed by atoms with Crippen molar-refractivity contribution in [1.29, 1.82) is 0 Å². The second-order valence-electron chi connectivity index (χ2n) is 5.41. The fourth-order valence-electron chi connectivity index (χ4n) is 2.44. The maximum absolute atomic E-state index is 4.69. The second kappa shape index (κ2) is 7.88. The summed E-state index contributed by atoms with van der Waals surface area (Å²) in [7, 11) is 0. The average molecular weight is 339 g/mol. The number of fused-ring (bicyclic) bond motifs is 1. The van der Waals surface area contributed by atoms with Gasteiger partial charge in [0, 0.05) is 29.2 Å². The number of nitrogens with zero attached hydrogens (tertiary/aromatic N) is 3. The number of guanidine groups is 1. The Morgan fingerprint density at radius 2 is 2.04 bits per heavy atom. The van der Waals surface area contributed by atoms with Gasteiger partial charge in [-0.25, -0.2) is 9.98 Å². The van der Waals surface area contributed by atoms with Gasteiger partial charge in [0.05, 0.1) is 18.6 Å². The lowest BCUT2D eigenvalue weighted by molar-refractivity contribution is 0.812. The fraction of sp³-hybridized carbons (Fsp3) is 0.278. The van der Waals surface area contributed by atoms with Gasteiger partial charge in [0.25, 0.3) is 0 Å². The molecule has 0 spiro atoms. The van der Waals surface area contributed by atoms with Crippen LogP contribution in [0.25, 0.3) is 10.9 Å². The molecule has 3 rings (SSSR count). The summed E-state index contributed by atoms with van der Waals surface area (Å²) in [5.41, 5.74) is 2.13. The lowest BCUT2D eigenvalue weighted by Gasteiger charge is -2.10. The summed E-state index contributed by atoms with van der Waals surface area (Å²) in [6.45, 7) is 6.20. The molecule has 2 heterocycles. The molecule has 0 atom stereocenters. The molecule has 5 nitrogen and oxygen atoms in total. The number of nitrogens with one attached hydrogen (secondary N) is 2. The molecule has 0 aliphatic rings. The zero-order valence-electron chi connectivity index (χ0n) is 13.9. The van der Waals surface area contributed by atoms with Crippen molar-refractivity contribution in [3.8, 4) is 0 Å². The maximum Gasteiger partial charge on any atom is 0.191 e. The quantitative estimate of drug-likeness (QED) is 0.553. The first kappa shape index (κ1) is 16.4. The number of benzene rings is 1. The lowest BCUT2D eigenvalue weighted by Crippen LogP contribution is -2.36. The Balaban J connectivity index is 1.72. The van der Waals surface area contributed by atoms with Crippen LogP contribution in [0.3, 0.4) is 0 Å². The summed E-state index contributed by atoms with van der Waals surface area (Å²) in [5, 5.41) is 8.81. The molecule has 0 bridgehead atoms. The van der Waals surface area contributed by atoms with Crippen molar-refractivity contribution in [2.75, 3.05) is 6.54 Å². The van der Waals surface area contributed by atoms with E-state index in [0.29, 0.717) is 13.1 Å². The number of hydrogen-bond acceptors (Lipinski definition) is 4. The number of aryl methyl sites for hydroxylation is 1. The zero-order chi connectivity index (χ0) is 16.8. The van der Waals surface area contributed by atoms with Crippen molar-refractivity contribution < 1.29 is 0 Å². The number of thiazole rings is 1. The van der Waals surface area contributed by atoms with Gasteiger partial charge in [-0.1, -0.05) is 24.3 Å². The summed E-state index contributed by atoms with van der Waals surface area (Å²) in [6.07, 6.45) is 3.72. The van der Waals surface area contributed by atoms with E-state index in [1.54, 1.807) is 11.3 Å². The van der Waals surface area contributed by atoms with E-state index in [1.807, 2.05) is 24.5 Å². The van der Waals surface area contributed by atoms with Crippen LogP contribution in [-0.2, 0) is 13.1 Å². The van der Waals surface area contributed by atoms with Crippen molar-refractivity contribution >= 4 is 28.2 Å². The van der Waals surface area contributed by atoms with Gasteiger partial charge in [0.1, 0.15) is 5.01 Å². The Kier molecular flexibility index (Phi) is 5.38. The third-order valence-corrected chi connectivity index (χ3v) is 4.46. The molecule has 0 amide bonds. The Bertz CT molecular complexity index is 835. The molecule has 24 heavy (non-hydrogen) atoms. The van der Waals surface area contributed by atoms with Gasteiger partial charge in [0.15, 0.2) is 5.96 Å². The second-order valence-corrected chi connectivity index (χ2v) is 6.72. The molecule has 0 aliphatic heterocycles. The Hall–Kier alpha value is -2.47. The highest BCUT2D eigenvalue weighted by Gasteiger charge is 2.04. The molecule has 1 aromatic carbocycles. The number of hydrogen-bond donors (Lipinski definition) is 2. The van der Waals surface area contributed by atoms with E-state index >= 15 is 0 Å². The smallest absolute Gasteiger partial charge is 0.191 e. The summed E-state index contributed by atoms with van der Waals surface area (Å²) >= 11 is 1.70. The average Bonchev–Trinajstić information content (AvgIpc) is 3.03. The third-order valence-electron chi connectivity index (χ3n) is 3.54. The van der Waals surface area contributed by atoms with Crippen LogP contribution in [0.15, 0.2) is 47.7 Å². The van der Waals surface area contributed by atoms with Gasteiger partial charge >= 0.3 is 0 Å². The Morgan fingerprint density at radius 1 is 1.17 bits per heavy atom. The summed E-state index contributed by atoms with van der Waals surface area (Å²) < 4.78 is 0. The molecule has 2 aromatic heterocycles. The van der Waals surface area contributed by atoms with Gasteiger partial charge in [-0.2, -0.15) is 0 Å². The Labute approximate surface area is 145 Å². The largest absolute Gasteiger partial charge is 0.357 e. The first-order valence-corrected chi connectivity index (χ1v) is 8.84. The van der Waals surface area contributed by atoms with E-state index in [4.69, 9.17) is 0 Å². The zero-order valence-corrected chi connectivity index (χ0v) is 14.7. The van der Waals surface area contributed by atoms with Crippen molar-refractivity contribution in [1.82, 2.24) is 20.6 Å². The van der Waals surface area contributed by atoms with Crippen LogP contribution < -0.4 is 10.6 Å². The molecular weight excluding hydrogens is 318 g/mol. The highest BCUT2D eigenvalue weighted by molar-refractivity contribution is 7.11. The van der Waals surface area contributed by atoms with E-state index in [9.17, 15) is 0 Å². The van der Waals surface area contributed by atoms with Crippen LogP contribution in [0, 0.1) is 6.92 Å². The third kappa shape index (κ3) is 4.08. The molecule has 0 unspecified atom stereocenters. The molecule has 0 fully saturated rings. The van der Waals surface area contributed by atoms with E-state index in [-0.39, 0.29) is 0 Å². The predicted octanol–water partition coefficient (Wildman–Crippen LogP) is 3.26. The summed E-state index contributed by atoms with van der Waals surface area (Å²) in [4.78, 5) is 14.8. The van der Waals surface area contributed by atoms with Crippen LogP contribution in [0.2, 0.25) is 0 Å². The van der Waals surface area contributed by atoms with E-state index in [0.717, 1.165) is 34.0 Å². The van der Waals surface area contributed by atoms with E-state index < -0.39 is 0 Å². The summed E-state index contributed by atoms with van der Waals surface area (Å²) in [6, 6.07) is 10.2. The van der Waals surface area contributed by atoms with Crippen LogP contribution in [0.1, 0.15) is 22.4 Å². The minimum Gasteiger partial charge on any atom is -0.357 e. The minimum atomic E-state index is 0.584. The van der Waals surface area contributed by atoms with E-state index in [1.165, 1.54) is 4.88 Å². The number of aliphatic imine (C=N–C) groups is 1. The van der Waals surface area contributed by atoms with Crippen molar-refractivity contribution in [2.45, 2.75) is 26.9 Å². The van der Waals surface area contributed by atoms with E-state index in [2.05, 4.69) is 57.6 Å². The topological polar surface area (TPSA) is 62.2 Å². The highest BCUT2D eigenvalue weighted by Crippen LogP contribution is 2.16. The number of rotatable bonds is 5. The first-order valence-electron chi connectivity index (χ1n) is 8.02. The summed E-state index contributed by atoms with van der Waals surface area (Å²) in [5.74, 6) is 0.790. The van der Waals surface area contributed by atoms with Gasteiger partial charge in [-0.3, -0.25) is 4.98 Å². The molecule has 0 saturated heterocycles. The molecule has 2 N–H and O–H groups in total. The first-order chi connectivity index (χ1) is 11.8. The number of para-hydroxylation sites is 1. The number of pyridine rings is 1. The number of aromatic nitrogens is 2. The minimum absolute atomic E-state index is 0.584. The molecule has 0 aliphatic carbocycles. The molecular formula is C18H21N5S. The van der Waals surface area contributed by atoms with Crippen molar-refractivity contribution in [3.05, 3.63) is 58.2 Å². The van der Waals surface area contributed by atoms with Crippen LogP contribution in [0.5, 0.6) is 0 Å². The predicted molar refractivity (Wildman–Crippen MR) is 100 cm³/mol. The van der Waals surface area contributed by atoms with Crippen molar-refractivity contribution in [3.63, 3.8) is 0 Å². The van der Waals surface area contributed by atoms with Crippen LogP contribution >= 0.6 is 11.3 Å². The van der Waals surface area contributed by atoms with Gasteiger partial charge < -0.3 is 10.6 Å². The fourth-order valence-corrected chi connectivity index (χ4v) is 3.17. The van der Waals surface area contributed by atoms with Crippen molar-refractivity contribution in [2.24, 2.45) is 4.99 Å². The molecule has 124 valence electrons. The monoisotopic (exact) mass is 339 g/mol. The maximum atomic E-state index is 4.69. The van der Waals surface area contributed by atoms with Crippen LogP contribution in [-0.4, -0.2) is 22.5 Å². The lowest BCUT2D eigenvalue weighted by atomic mass is 10.1. The Morgan fingerprint density at radius 3 is 2.83 bits per heavy atom.